The predicted octanol–water partition coefficient (Wildman–Crippen LogP) is 4.10. The Kier molecular flexibility index (Phi) is 7.53. The van der Waals surface area contributed by atoms with Gasteiger partial charge in [-0.05, 0) is 36.6 Å². The summed E-state index contributed by atoms with van der Waals surface area (Å²) in [5.41, 5.74) is 6.61. The summed E-state index contributed by atoms with van der Waals surface area (Å²) in [4.78, 5) is 7.44. The number of ether oxygens (including phenoxy) is 2. The van der Waals surface area contributed by atoms with Crippen LogP contribution in [-0.4, -0.2) is 53.9 Å². The SMILES string of the molecule is Br.c1ccc(CN2CCC(N=C3NN=C(c4ccc5c(c4)OCCO5)CS3)CC2)cc1. The normalized spacial score (nSPS) is 20.5. The summed E-state index contributed by atoms with van der Waals surface area (Å²) >= 11 is 1.72. The zero-order valence-corrected chi connectivity index (χ0v) is 19.9. The third-order valence-electron chi connectivity index (χ3n) is 5.61. The van der Waals surface area contributed by atoms with Crippen LogP contribution in [0.3, 0.4) is 0 Å². The number of nitrogens with zero attached hydrogens (tertiary/aromatic N) is 3. The lowest BCUT2D eigenvalue weighted by Crippen LogP contribution is -2.36. The Hall–Kier alpha value is -2.03. The minimum absolute atomic E-state index is 0. The van der Waals surface area contributed by atoms with E-state index in [1.807, 2.05) is 18.2 Å². The number of thioether (sulfide) groups is 1. The van der Waals surface area contributed by atoms with E-state index in [0.29, 0.717) is 19.3 Å². The van der Waals surface area contributed by atoms with Gasteiger partial charge in [-0.2, -0.15) is 5.10 Å². The highest BCUT2D eigenvalue weighted by Crippen LogP contribution is 2.31. The van der Waals surface area contributed by atoms with Gasteiger partial charge in [-0.25, -0.2) is 0 Å². The van der Waals surface area contributed by atoms with Crippen molar-refractivity contribution in [3.8, 4) is 11.5 Å². The molecule has 8 heteroatoms. The average molecular weight is 503 g/mol. The summed E-state index contributed by atoms with van der Waals surface area (Å²) in [6.45, 7) is 4.41. The average Bonchev–Trinajstić information content (AvgIpc) is 2.81. The summed E-state index contributed by atoms with van der Waals surface area (Å²) < 4.78 is 11.3. The second-order valence-corrected chi connectivity index (χ2v) is 8.71. The molecule has 2 aromatic rings. The van der Waals surface area contributed by atoms with Crippen molar-refractivity contribution in [3.63, 3.8) is 0 Å². The zero-order valence-electron chi connectivity index (χ0n) is 17.3. The molecule has 0 bridgehead atoms. The highest BCUT2D eigenvalue weighted by Gasteiger charge is 2.21. The highest BCUT2D eigenvalue weighted by atomic mass is 79.9. The molecule has 164 valence electrons. The zero-order chi connectivity index (χ0) is 20.2. The largest absolute Gasteiger partial charge is 0.486 e. The van der Waals surface area contributed by atoms with E-state index in [2.05, 4.69) is 45.8 Å². The highest BCUT2D eigenvalue weighted by molar-refractivity contribution is 8.93. The van der Waals surface area contributed by atoms with E-state index in [1.165, 1.54) is 5.56 Å². The number of nitrogens with one attached hydrogen (secondary N) is 1. The number of hydrogen-bond donors (Lipinski definition) is 1. The van der Waals surface area contributed by atoms with Crippen LogP contribution in [-0.2, 0) is 6.54 Å². The number of hydrogen-bond acceptors (Lipinski definition) is 6. The molecule has 3 aliphatic rings. The second-order valence-electron chi connectivity index (χ2n) is 7.74. The van der Waals surface area contributed by atoms with Crippen LogP contribution in [0.25, 0.3) is 0 Å². The quantitative estimate of drug-likeness (QED) is 0.681. The fourth-order valence-electron chi connectivity index (χ4n) is 3.97. The van der Waals surface area contributed by atoms with Gasteiger partial charge in [-0.1, -0.05) is 42.1 Å². The molecule has 6 nitrogen and oxygen atoms in total. The number of aliphatic imine (C=N–C) groups is 1. The number of benzene rings is 2. The van der Waals surface area contributed by atoms with Crippen molar-refractivity contribution in [1.29, 1.82) is 0 Å². The van der Waals surface area contributed by atoms with Gasteiger partial charge < -0.3 is 9.47 Å². The molecule has 3 aliphatic heterocycles. The molecule has 0 aliphatic carbocycles. The molecule has 0 radical (unpaired) electrons. The van der Waals surface area contributed by atoms with Crippen LogP contribution < -0.4 is 14.9 Å². The molecular weight excluding hydrogens is 476 g/mol. The molecule has 2 aromatic carbocycles. The molecule has 0 atom stereocenters. The lowest BCUT2D eigenvalue weighted by atomic mass is 10.0. The third kappa shape index (κ3) is 5.61. The maximum atomic E-state index is 5.69. The van der Waals surface area contributed by atoms with E-state index in [-0.39, 0.29) is 17.0 Å². The minimum atomic E-state index is 0. The van der Waals surface area contributed by atoms with Crippen LogP contribution in [0.4, 0.5) is 0 Å². The van der Waals surface area contributed by atoms with E-state index >= 15 is 0 Å². The molecular formula is C23H27BrN4O2S. The fraction of sp³-hybridized carbons (Fsp3) is 0.391. The smallest absolute Gasteiger partial charge is 0.177 e. The van der Waals surface area contributed by atoms with Gasteiger partial charge in [0.25, 0.3) is 0 Å². The van der Waals surface area contributed by atoms with Gasteiger partial charge in [-0.15, -0.1) is 17.0 Å². The van der Waals surface area contributed by atoms with Crippen molar-refractivity contribution in [2.75, 3.05) is 32.1 Å². The molecule has 1 N–H and O–H groups in total. The van der Waals surface area contributed by atoms with Gasteiger partial charge in [0.15, 0.2) is 16.7 Å². The van der Waals surface area contributed by atoms with Crippen LogP contribution in [0.2, 0.25) is 0 Å². The first-order valence-electron chi connectivity index (χ1n) is 10.5. The molecule has 0 unspecified atom stereocenters. The first-order chi connectivity index (χ1) is 14.8. The Balaban J connectivity index is 0.00000231. The fourth-order valence-corrected chi connectivity index (χ4v) is 4.81. The lowest BCUT2D eigenvalue weighted by Gasteiger charge is -2.30. The molecule has 0 saturated carbocycles. The molecule has 1 saturated heterocycles. The van der Waals surface area contributed by atoms with Crippen LogP contribution in [0, 0.1) is 0 Å². The molecule has 0 spiro atoms. The van der Waals surface area contributed by atoms with E-state index in [0.717, 1.165) is 66.2 Å². The standard InChI is InChI=1S/C23H26N4O2S.BrH/c1-2-4-17(5-3-1)15-27-10-8-19(9-11-27)24-23-26-25-20(16-30-23)18-6-7-21-22(14-18)29-13-12-28-21;/h1-7,14,19H,8-13,15-16H2,(H,24,26);1H. The van der Waals surface area contributed by atoms with E-state index < -0.39 is 0 Å². The van der Waals surface area contributed by atoms with Crippen molar-refractivity contribution in [2.45, 2.75) is 25.4 Å². The Bertz CT molecular complexity index is 946. The van der Waals surface area contributed by atoms with Gasteiger partial charge in [0.05, 0.1) is 11.8 Å². The molecule has 3 heterocycles. The first kappa shape index (κ1) is 22.2. The number of fused-ring (bicyclic) bond motifs is 1. The molecule has 1 fully saturated rings. The van der Waals surface area contributed by atoms with Crippen molar-refractivity contribution < 1.29 is 9.47 Å². The van der Waals surface area contributed by atoms with Crippen molar-refractivity contribution in [2.24, 2.45) is 10.1 Å². The number of halogens is 1. The van der Waals surface area contributed by atoms with Crippen molar-refractivity contribution in [1.82, 2.24) is 10.3 Å². The Morgan fingerprint density at radius 2 is 1.81 bits per heavy atom. The minimum Gasteiger partial charge on any atom is -0.486 e. The number of piperidine rings is 1. The van der Waals surface area contributed by atoms with E-state index in [4.69, 9.17) is 14.5 Å². The number of hydrazone groups is 1. The van der Waals surface area contributed by atoms with Crippen LogP contribution in [0.5, 0.6) is 11.5 Å². The molecule has 31 heavy (non-hydrogen) atoms. The van der Waals surface area contributed by atoms with Crippen LogP contribution in [0.1, 0.15) is 24.0 Å². The predicted molar refractivity (Wildman–Crippen MR) is 132 cm³/mol. The first-order valence-corrected chi connectivity index (χ1v) is 11.5. The maximum Gasteiger partial charge on any atom is 0.177 e. The summed E-state index contributed by atoms with van der Waals surface area (Å²) in [5.74, 6) is 2.41. The van der Waals surface area contributed by atoms with Gasteiger partial charge in [-0.3, -0.25) is 15.3 Å². The van der Waals surface area contributed by atoms with Gasteiger partial charge in [0, 0.05) is 31.0 Å². The number of amidine groups is 1. The second kappa shape index (κ2) is 10.5. The number of rotatable bonds is 4. The number of likely N-dealkylation sites (tertiary alicyclic amines) is 1. The molecule has 5 rings (SSSR count). The summed E-state index contributed by atoms with van der Waals surface area (Å²) in [6.07, 6.45) is 2.19. The van der Waals surface area contributed by atoms with Crippen molar-refractivity contribution >= 4 is 39.6 Å². The maximum absolute atomic E-state index is 5.69. The Labute approximate surface area is 197 Å². The molecule has 0 amide bonds. The Morgan fingerprint density at radius 1 is 1.03 bits per heavy atom. The third-order valence-corrected chi connectivity index (χ3v) is 6.50. The van der Waals surface area contributed by atoms with Gasteiger partial charge in [0.2, 0.25) is 0 Å². The topological polar surface area (TPSA) is 58.5 Å². The summed E-state index contributed by atoms with van der Waals surface area (Å²) in [6, 6.07) is 17.1. The van der Waals surface area contributed by atoms with E-state index in [9.17, 15) is 0 Å². The van der Waals surface area contributed by atoms with Crippen LogP contribution >= 0.6 is 28.7 Å². The van der Waals surface area contributed by atoms with Crippen molar-refractivity contribution in [3.05, 3.63) is 59.7 Å². The molecule has 0 aromatic heterocycles. The summed E-state index contributed by atoms with van der Waals surface area (Å²) in [7, 11) is 0. The van der Waals surface area contributed by atoms with Gasteiger partial charge >= 0.3 is 0 Å². The van der Waals surface area contributed by atoms with Crippen LogP contribution in [0.15, 0.2) is 58.6 Å². The summed E-state index contributed by atoms with van der Waals surface area (Å²) in [5, 5.41) is 5.50. The lowest BCUT2D eigenvalue weighted by molar-refractivity contribution is 0.171. The Morgan fingerprint density at radius 3 is 2.55 bits per heavy atom. The van der Waals surface area contributed by atoms with E-state index in [1.54, 1.807) is 11.8 Å². The van der Waals surface area contributed by atoms with Gasteiger partial charge in [0.1, 0.15) is 13.2 Å². The monoisotopic (exact) mass is 502 g/mol.